The van der Waals surface area contributed by atoms with Gasteiger partial charge in [-0.1, -0.05) is 24.6 Å². The van der Waals surface area contributed by atoms with Crippen molar-refractivity contribution in [3.8, 4) is 5.75 Å². The summed E-state index contributed by atoms with van der Waals surface area (Å²) in [7, 11) is 0. The van der Waals surface area contributed by atoms with Gasteiger partial charge in [0, 0.05) is 32.6 Å². The standard InChI is InChI=1S/C21H27N3O3/c1-17(25)22-12-5-2-3-11-21(26)24-15-18-8-7-10-20(14-18)27-16-19-9-4-6-13-23-19/h4,6-10,13-14H,2-3,5,11-12,15-16H2,1H3,(H,22,25)(H,24,26). The number of amides is 2. The maximum atomic E-state index is 11.9. The molecule has 0 aliphatic carbocycles. The second-order valence-corrected chi connectivity index (χ2v) is 6.33. The van der Waals surface area contributed by atoms with Crippen LogP contribution in [0, 0.1) is 0 Å². The summed E-state index contributed by atoms with van der Waals surface area (Å²) in [6, 6.07) is 13.4. The van der Waals surface area contributed by atoms with Gasteiger partial charge in [0.25, 0.3) is 0 Å². The fourth-order valence-electron chi connectivity index (χ4n) is 2.53. The van der Waals surface area contributed by atoms with E-state index in [1.54, 1.807) is 6.20 Å². The van der Waals surface area contributed by atoms with E-state index in [4.69, 9.17) is 4.74 Å². The Kier molecular flexibility index (Phi) is 8.83. The van der Waals surface area contributed by atoms with E-state index < -0.39 is 0 Å². The molecule has 0 aliphatic heterocycles. The van der Waals surface area contributed by atoms with E-state index >= 15 is 0 Å². The molecule has 2 rings (SSSR count). The van der Waals surface area contributed by atoms with Crippen molar-refractivity contribution in [3.63, 3.8) is 0 Å². The SMILES string of the molecule is CC(=O)NCCCCCC(=O)NCc1cccc(OCc2ccccn2)c1. The Morgan fingerprint density at radius 1 is 1.04 bits per heavy atom. The van der Waals surface area contributed by atoms with Crippen LogP contribution in [0.4, 0.5) is 0 Å². The van der Waals surface area contributed by atoms with Crippen LogP contribution in [-0.2, 0) is 22.7 Å². The molecular weight excluding hydrogens is 342 g/mol. The molecule has 0 saturated carbocycles. The number of rotatable bonds is 11. The van der Waals surface area contributed by atoms with Crippen LogP contribution in [0.2, 0.25) is 0 Å². The molecule has 0 saturated heterocycles. The van der Waals surface area contributed by atoms with E-state index in [1.165, 1.54) is 6.92 Å². The molecule has 6 nitrogen and oxygen atoms in total. The predicted octanol–water partition coefficient (Wildman–Crippen LogP) is 2.97. The van der Waals surface area contributed by atoms with E-state index in [2.05, 4.69) is 15.6 Å². The first kappa shape index (κ1) is 20.4. The quantitative estimate of drug-likeness (QED) is 0.597. The van der Waals surface area contributed by atoms with Crippen molar-refractivity contribution in [2.24, 2.45) is 0 Å². The summed E-state index contributed by atoms with van der Waals surface area (Å²) in [5.74, 6) is 0.777. The van der Waals surface area contributed by atoms with Crippen LogP contribution in [0.15, 0.2) is 48.7 Å². The minimum absolute atomic E-state index is 0.0148. The molecule has 1 aromatic heterocycles. The molecule has 0 aliphatic rings. The van der Waals surface area contributed by atoms with Gasteiger partial charge in [0.15, 0.2) is 0 Å². The fourth-order valence-corrected chi connectivity index (χ4v) is 2.53. The number of pyridine rings is 1. The van der Waals surface area contributed by atoms with Crippen molar-refractivity contribution >= 4 is 11.8 Å². The topological polar surface area (TPSA) is 80.3 Å². The van der Waals surface area contributed by atoms with Gasteiger partial charge in [-0.15, -0.1) is 0 Å². The normalized spacial score (nSPS) is 10.3. The number of hydrogen-bond donors (Lipinski definition) is 2. The van der Waals surface area contributed by atoms with Crippen LogP contribution in [0.25, 0.3) is 0 Å². The first-order chi connectivity index (χ1) is 13.1. The van der Waals surface area contributed by atoms with Crippen LogP contribution >= 0.6 is 0 Å². The van der Waals surface area contributed by atoms with Crippen molar-refractivity contribution in [1.29, 1.82) is 0 Å². The molecule has 27 heavy (non-hydrogen) atoms. The smallest absolute Gasteiger partial charge is 0.220 e. The Hall–Kier alpha value is -2.89. The molecule has 0 atom stereocenters. The molecule has 0 bridgehead atoms. The van der Waals surface area contributed by atoms with Gasteiger partial charge < -0.3 is 15.4 Å². The third-order valence-corrected chi connectivity index (χ3v) is 3.96. The molecular formula is C21H27N3O3. The number of benzene rings is 1. The summed E-state index contributed by atoms with van der Waals surface area (Å²) in [6.45, 7) is 3.06. The Bertz CT molecular complexity index is 720. The highest BCUT2D eigenvalue weighted by atomic mass is 16.5. The molecule has 0 fully saturated rings. The molecule has 1 aromatic carbocycles. The second kappa shape index (κ2) is 11.7. The third-order valence-electron chi connectivity index (χ3n) is 3.96. The van der Waals surface area contributed by atoms with Gasteiger partial charge in [0.05, 0.1) is 5.69 Å². The number of nitrogens with one attached hydrogen (secondary N) is 2. The van der Waals surface area contributed by atoms with Crippen LogP contribution in [0.1, 0.15) is 43.9 Å². The van der Waals surface area contributed by atoms with E-state index in [9.17, 15) is 9.59 Å². The summed E-state index contributed by atoms with van der Waals surface area (Å²) in [6.07, 6.45) is 4.87. The molecule has 0 spiro atoms. The van der Waals surface area contributed by atoms with Gasteiger partial charge in [0.2, 0.25) is 11.8 Å². The number of hydrogen-bond acceptors (Lipinski definition) is 4. The molecule has 6 heteroatoms. The number of unbranched alkanes of at least 4 members (excludes halogenated alkanes) is 2. The summed E-state index contributed by atoms with van der Waals surface area (Å²) in [4.78, 5) is 26.9. The Morgan fingerprint density at radius 2 is 1.93 bits per heavy atom. The Balaban J connectivity index is 1.65. The average Bonchev–Trinajstić information content (AvgIpc) is 2.68. The summed E-state index contributed by atoms with van der Waals surface area (Å²) in [5, 5.41) is 5.68. The fraction of sp³-hybridized carbons (Fsp3) is 0.381. The molecule has 1 heterocycles. The largest absolute Gasteiger partial charge is 0.487 e. The summed E-state index contributed by atoms with van der Waals surface area (Å²) >= 11 is 0. The highest BCUT2D eigenvalue weighted by Crippen LogP contribution is 2.14. The van der Waals surface area contributed by atoms with Gasteiger partial charge in [-0.3, -0.25) is 14.6 Å². The number of carbonyl (C=O) groups is 2. The Labute approximate surface area is 160 Å². The van der Waals surface area contributed by atoms with Crippen LogP contribution in [0.5, 0.6) is 5.75 Å². The number of carbonyl (C=O) groups excluding carboxylic acids is 2. The van der Waals surface area contributed by atoms with Gasteiger partial charge in [0.1, 0.15) is 12.4 Å². The third kappa shape index (κ3) is 8.85. The van der Waals surface area contributed by atoms with Crippen molar-refractivity contribution < 1.29 is 14.3 Å². The van der Waals surface area contributed by atoms with Crippen molar-refractivity contribution in [3.05, 3.63) is 59.9 Å². The van der Waals surface area contributed by atoms with Crippen molar-refractivity contribution in [2.75, 3.05) is 6.54 Å². The number of aromatic nitrogens is 1. The lowest BCUT2D eigenvalue weighted by molar-refractivity contribution is -0.121. The Morgan fingerprint density at radius 3 is 2.70 bits per heavy atom. The van der Waals surface area contributed by atoms with Gasteiger partial charge in [-0.05, 0) is 42.7 Å². The molecule has 0 unspecified atom stereocenters. The summed E-state index contributed by atoms with van der Waals surface area (Å²) in [5.41, 5.74) is 1.86. The van der Waals surface area contributed by atoms with E-state index in [1.807, 2.05) is 42.5 Å². The lowest BCUT2D eigenvalue weighted by Crippen LogP contribution is -2.23. The van der Waals surface area contributed by atoms with Crippen molar-refractivity contribution in [2.45, 2.75) is 45.8 Å². The lowest BCUT2D eigenvalue weighted by Gasteiger charge is -2.09. The molecule has 0 radical (unpaired) electrons. The summed E-state index contributed by atoms with van der Waals surface area (Å²) < 4.78 is 5.75. The number of ether oxygens (including phenoxy) is 1. The zero-order chi connectivity index (χ0) is 19.3. The molecule has 144 valence electrons. The predicted molar refractivity (Wildman–Crippen MR) is 104 cm³/mol. The van der Waals surface area contributed by atoms with Gasteiger partial charge in [-0.2, -0.15) is 0 Å². The first-order valence-electron chi connectivity index (χ1n) is 9.26. The number of nitrogens with zero attached hydrogens (tertiary/aromatic N) is 1. The maximum absolute atomic E-state index is 11.9. The zero-order valence-corrected chi connectivity index (χ0v) is 15.7. The van der Waals surface area contributed by atoms with E-state index in [0.29, 0.717) is 26.1 Å². The van der Waals surface area contributed by atoms with Gasteiger partial charge >= 0.3 is 0 Å². The van der Waals surface area contributed by atoms with E-state index in [-0.39, 0.29) is 11.8 Å². The molecule has 2 N–H and O–H groups in total. The first-order valence-corrected chi connectivity index (χ1v) is 9.26. The minimum atomic E-state index is -0.0148. The molecule has 2 amide bonds. The van der Waals surface area contributed by atoms with Gasteiger partial charge in [-0.25, -0.2) is 0 Å². The van der Waals surface area contributed by atoms with Crippen LogP contribution in [-0.4, -0.2) is 23.3 Å². The highest BCUT2D eigenvalue weighted by Gasteiger charge is 2.03. The highest BCUT2D eigenvalue weighted by molar-refractivity contribution is 5.75. The van der Waals surface area contributed by atoms with Crippen LogP contribution < -0.4 is 15.4 Å². The minimum Gasteiger partial charge on any atom is -0.487 e. The van der Waals surface area contributed by atoms with Crippen molar-refractivity contribution in [1.82, 2.24) is 15.6 Å². The monoisotopic (exact) mass is 369 g/mol. The second-order valence-electron chi connectivity index (χ2n) is 6.33. The maximum Gasteiger partial charge on any atom is 0.220 e. The average molecular weight is 369 g/mol. The lowest BCUT2D eigenvalue weighted by atomic mass is 10.1. The molecule has 2 aromatic rings. The van der Waals surface area contributed by atoms with E-state index in [0.717, 1.165) is 36.3 Å². The zero-order valence-electron chi connectivity index (χ0n) is 15.7. The van der Waals surface area contributed by atoms with Crippen LogP contribution in [0.3, 0.4) is 0 Å².